The van der Waals surface area contributed by atoms with Crippen molar-refractivity contribution in [3.63, 3.8) is 0 Å². The van der Waals surface area contributed by atoms with Crippen LogP contribution in [-0.2, 0) is 0 Å². The number of piperidine rings is 1. The molecular formula is C29H33FN8O2. The van der Waals surface area contributed by atoms with Crippen LogP contribution in [0.5, 0.6) is 0 Å². The van der Waals surface area contributed by atoms with E-state index in [2.05, 4.69) is 20.3 Å². The molecule has 2 fully saturated rings. The van der Waals surface area contributed by atoms with Crippen LogP contribution in [0, 0.1) is 19.7 Å². The predicted octanol–water partition coefficient (Wildman–Crippen LogP) is 4.61. The summed E-state index contributed by atoms with van der Waals surface area (Å²) in [6.07, 6.45) is 7.35. The molecule has 6 rings (SSSR count). The Kier molecular flexibility index (Phi) is 7.14. The van der Waals surface area contributed by atoms with Crippen molar-refractivity contribution in [3.05, 3.63) is 65.1 Å². The van der Waals surface area contributed by atoms with E-state index >= 15 is 0 Å². The lowest BCUT2D eigenvalue weighted by Crippen LogP contribution is -2.38. The number of aliphatic hydroxyl groups is 1. The first-order valence-electron chi connectivity index (χ1n) is 13.9. The third-order valence-electron chi connectivity index (χ3n) is 7.95. The van der Waals surface area contributed by atoms with Gasteiger partial charge in [-0.3, -0.25) is 9.78 Å². The van der Waals surface area contributed by atoms with Crippen LogP contribution in [0.15, 0.2) is 36.7 Å². The summed E-state index contributed by atoms with van der Waals surface area (Å²) in [6.45, 7) is 5.10. The first-order chi connectivity index (χ1) is 19.3. The van der Waals surface area contributed by atoms with Crippen LogP contribution < -0.4 is 5.32 Å². The lowest BCUT2D eigenvalue weighted by molar-refractivity contribution is 0.0711. The number of aryl methyl sites for hydroxylation is 2. The van der Waals surface area contributed by atoms with Gasteiger partial charge in [-0.15, -0.1) is 0 Å². The molecule has 40 heavy (non-hydrogen) atoms. The van der Waals surface area contributed by atoms with Crippen LogP contribution in [0.1, 0.15) is 77.9 Å². The Morgan fingerprint density at radius 2 is 1.70 bits per heavy atom. The van der Waals surface area contributed by atoms with Crippen molar-refractivity contribution in [2.24, 2.45) is 0 Å². The fraction of sp³-hybridized carbons (Fsp3) is 0.448. The highest BCUT2D eigenvalue weighted by molar-refractivity contribution is 5.94. The third-order valence-corrected chi connectivity index (χ3v) is 7.95. The molecule has 1 saturated carbocycles. The van der Waals surface area contributed by atoms with Gasteiger partial charge < -0.3 is 15.3 Å². The van der Waals surface area contributed by atoms with Gasteiger partial charge in [-0.1, -0.05) is 0 Å². The number of carbonyl (C=O) groups is 1. The Morgan fingerprint density at radius 3 is 2.38 bits per heavy atom. The van der Waals surface area contributed by atoms with Crippen molar-refractivity contribution < 1.29 is 14.3 Å². The SMILES string of the molecule is Cc1cc(C(=O)N2CCC(c3nn(C4CCC(O)CC4)c4nc(Nc5ccc(F)cn5)ncc34)CC2)cc(C)n1. The van der Waals surface area contributed by atoms with Crippen molar-refractivity contribution in [1.82, 2.24) is 34.6 Å². The lowest BCUT2D eigenvalue weighted by atomic mass is 9.92. The van der Waals surface area contributed by atoms with Crippen LogP contribution in [-0.4, -0.2) is 64.8 Å². The lowest BCUT2D eigenvalue weighted by Gasteiger charge is -2.31. The van der Waals surface area contributed by atoms with Crippen molar-refractivity contribution in [1.29, 1.82) is 0 Å². The van der Waals surface area contributed by atoms with Crippen molar-refractivity contribution in [3.8, 4) is 0 Å². The van der Waals surface area contributed by atoms with Crippen molar-refractivity contribution >= 4 is 28.7 Å². The Labute approximate surface area is 231 Å². The Balaban J connectivity index is 1.26. The first-order valence-corrected chi connectivity index (χ1v) is 13.9. The summed E-state index contributed by atoms with van der Waals surface area (Å²) < 4.78 is 15.3. The van der Waals surface area contributed by atoms with Crippen molar-refractivity contribution in [2.45, 2.75) is 70.4 Å². The number of nitrogens with zero attached hydrogens (tertiary/aromatic N) is 7. The number of likely N-dealkylation sites (tertiary alicyclic amines) is 1. The minimum Gasteiger partial charge on any atom is -0.393 e. The monoisotopic (exact) mass is 544 g/mol. The molecule has 5 heterocycles. The third kappa shape index (κ3) is 5.38. The van der Waals surface area contributed by atoms with Gasteiger partial charge >= 0.3 is 0 Å². The number of halogens is 1. The number of nitrogens with one attached hydrogen (secondary N) is 1. The normalized spacial score (nSPS) is 20.1. The summed E-state index contributed by atoms with van der Waals surface area (Å²) in [6, 6.07) is 6.70. The average molecular weight is 545 g/mol. The van der Waals surface area contributed by atoms with E-state index in [1.807, 2.05) is 35.6 Å². The molecule has 0 bridgehead atoms. The highest BCUT2D eigenvalue weighted by atomic mass is 19.1. The average Bonchev–Trinajstić information content (AvgIpc) is 3.33. The molecule has 1 saturated heterocycles. The summed E-state index contributed by atoms with van der Waals surface area (Å²) in [4.78, 5) is 32.9. The molecule has 11 heteroatoms. The molecule has 1 aliphatic heterocycles. The van der Waals surface area contributed by atoms with Crippen LogP contribution in [0.2, 0.25) is 0 Å². The second kappa shape index (κ2) is 10.9. The second-order valence-corrected chi connectivity index (χ2v) is 10.9. The van der Waals surface area contributed by atoms with Gasteiger partial charge in [-0.05, 0) is 76.6 Å². The summed E-state index contributed by atoms with van der Waals surface area (Å²) in [7, 11) is 0. The molecule has 0 aromatic carbocycles. The van der Waals surface area contributed by atoms with Gasteiger partial charge in [0.15, 0.2) is 5.65 Å². The second-order valence-electron chi connectivity index (χ2n) is 10.9. The topological polar surface area (TPSA) is 122 Å². The predicted molar refractivity (Wildman–Crippen MR) is 148 cm³/mol. The molecule has 0 radical (unpaired) electrons. The highest BCUT2D eigenvalue weighted by Crippen LogP contribution is 2.36. The molecule has 2 aliphatic rings. The number of hydrogen-bond acceptors (Lipinski definition) is 8. The Morgan fingerprint density at radius 1 is 0.975 bits per heavy atom. The summed E-state index contributed by atoms with van der Waals surface area (Å²) >= 11 is 0. The van der Waals surface area contributed by atoms with E-state index in [-0.39, 0.29) is 24.0 Å². The number of pyridine rings is 2. The van der Waals surface area contributed by atoms with Gasteiger partial charge in [0.25, 0.3) is 5.91 Å². The number of carbonyl (C=O) groups excluding carboxylic acids is 1. The number of aromatic nitrogens is 6. The number of rotatable bonds is 5. The van der Waals surface area contributed by atoms with Crippen LogP contribution in [0.25, 0.3) is 11.0 Å². The van der Waals surface area contributed by atoms with Crippen LogP contribution >= 0.6 is 0 Å². The smallest absolute Gasteiger partial charge is 0.253 e. The van der Waals surface area contributed by atoms with Crippen molar-refractivity contribution in [2.75, 3.05) is 18.4 Å². The van der Waals surface area contributed by atoms with E-state index in [0.29, 0.717) is 30.4 Å². The van der Waals surface area contributed by atoms with E-state index in [1.54, 1.807) is 6.20 Å². The van der Waals surface area contributed by atoms with Gasteiger partial charge in [0, 0.05) is 42.2 Å². The van der Waals surface area contributed by atoms with Crippen LogP contribution in [0.3, 0.4) is 0 Å². The summed E-state index contributed by atoms with van der Waals surface area (Å²) in [5.74, 6) is 0.603. The molecule has 0 unspecified atom stereocenters. The van der Waals surface area contributed by atoms with E-state index in [9.17, 15) is 14.3 Å². The number of aliphatic hydroxyl groups excluding tert-OH is 1. The quantitative estimate of drug-likeness (QED) is 0.374. The van der Waals surface area contributed by atoms with E-state index in [4.69, 9.17) is 10.1 Å². The van der Waals surface area contributed by atoms with Gasteiger partial charge in [0.1, 0.15) is 11.6 Å². The van der Waals surface area contributed by atoms with E-state index in [0.717, 1.165) is 72.8 Å². The standard InChI is InChI=1S/C29H33FN8O2/c1-17-13-20(14-18(2)33-17)28(40)37-11-9-19(10-12-37)26-24-16-32-29(34-25-8-3-21(30)15-31-25)35-27(24)38(36-26)22-4-6-23(39)7-5-22/h3,8,13-16,19,22-23,39H,4-7,9-12H2,1-2H3,(H,31,32,34,35). The zero-order chi connectivity index (χ0) is 27.8. The molecule has 4 aromatic rings. The number of fused-ring (bicyclic) bond motifs is 1. The number of hydrogen-bond donors (Lipinski definition) is 2. The maximum Gasteiger partial charge on any atom is 0.253 e. The maximum absolute atomic E-state index is 13.3. The molecule has 2 N–H and O–H groups in total. The van der Waals surface area contributed by atoms with E-state index in [1.165, 1.54) is 12.1 Å². The molecule has 1 aliphatic carbocycles. The maximum atomic E-state index is 13.3. The molecule has 208 valence electrons. The molecule has 0 atom stereocenters. The Hall–Kier alpha value is -3.99. The zero-order valence-corrected chi connectivity index (χ0v) is 22.7. The minimum absolute atomic E-state index is 0.0386. The molecule has 1 amide bonds. The highest BCUT2D eigenvalue weighted by Gasteiger charge is 2.31. The van der Waals surface area contributed by atoms with Gasteiger partial charge in [0.05, 0.1) is 29.4 Å². The Bertz CT molecular complexity index is 1500. The molecule has 10 nitrogen and oxygen atoms in total. The first kappa shape index (κ1) is 26.2. The largest absolute Gasteiger partial charge is 0.393 e. The summed E-state index contributed by atoms with van der Waals surface area (Å²) in [5.41, 5.74) is 4.05. The minimum atomic E-state index is -0.414. The van der Waals surface area contributed by atoms with E-state index < -0.39 is 5.82 Å². The van der Waals surface area contributed by atoms with Gasteiger partial charge in [-0.2, -0.15) is 10.1 Å². The fourth-order valence-corrected chi connectivity index (χ4v) is 5.93. The van der Waals surface area contributed by atoms with Gasteiger partial charge in [-0.25, -0.2) is 19.0 Å². The fourth-order valence-electron chi connectivity index (χ4n) is 5.93. The molecular weight excluding hydrogens is 511 g/mol. The molecule has 0 spiro atoms. The van der Waals surface area contributed by atoms with Crippen LogP contribution in [0.4, 0.5) is 16.2 Å². The number of anilines is 2. The zero-order valence-electron chi connectivity index (χ0n) is 22.7. The van der Waals surface area contributed by atoms with Gasteiger partial charge in [0.2, 0.25) is 5.95 Å². The molecule has 4 aromatic heterocycles. The number of amides is 1. The summed E-state index contributed by atoms with van der Waals surface area (Å²) in [5, 5.41) is 19.1.